The molecule has 1 fully saturated rings. The summed E-state index contributed by atoms with van der Waals surface area (Å²) in [4.78, 5) is 3.72. The number of nitrogens with zero attached hydrogens (tertiary/aromatic N) is 1. The fraction of sp³-hybridized carbons (Fsp3) is 0.357. The van der Waals surface area contributed by atoms with Gasteiger partial charge in [0.25, 0.3) is 0 Å². The first-order chi connectivity index (χ1) is 7.81. The molecule has 1 atom stereocenters. The fourth-order valence-corrected chi connectivity index (χ4v) is 2.17. The van der Waals surface area contributed by atoms with Crippen molar-refractivity contribution >= 4 is 5.70 Å². The topological polar surface area (TPSA) is 16.4 Å². The highest BCUT2D eigenvalue weighted by Crippen LogP contribution is 2.27. The Morgan fingerprint density at radius 3 is 2.75 bits per heavy atom. The van der Waals surface area contributed by atoms with Crippen molar-refractivity contribution in [2.24, 2.45) is 0 Å². The molecule has 1 unspecified atom stereocenters. The maximum absolute atomic E-state index is 7.35. The third kappa shape index (κ3) is 2.32. The molecule has 1 aliphatic rings. The number of benzene rings is 1. The van der Waals surface area contributed by atoms with E-state index in [9.17, 15) is 0 Å². The number of piperidine rings is 1. The molecule has 82 valence electrons. The van der Waals surface area contributed by atoms with Gasteiger partial charge in [0.1, 0.15) is 0 Å². The monoisotopic (exact) mass is 212 g/mol. The molecule has 1 N–H and O–H groups in total. The second kappa shape index (κ2) is 4.96. The summed E-state index contributed by atoms with van der Waals surface area (Å²) in [5.74, 6) is 0. The van der Waals surface area contributed by atoms with Gasteiger partial charge in [-0.05, 0) is 31.9 Å². The predicted octanol–water partition coefficient (Wildman–Crippen LogP) is 3.09. The van der Waals surface area contributed by atoms with Crippen LogP contribution >= 0.6 is 0 Å². The zero-order chi connectivity index (χ0) is 11.4. The Bertz CT molecular complexity index is 426. The van der Waals surface area contributed by atoms with Gasteiger partial charge in [0.05, 0.1) is 6.57 Å². The van der Waals surface area contributed by atoms with Crippen LogP contribution in [0, 0.1) is 6.57 Å². The Balaban J connectivity index is 2.35. The molecule has 0 bridgehead atoms. The van der Waals surface area contributed by atoms with Crippen LogP contribution < -0.4 is 5.32 Å². The van der Waals surface area contributed by atoms with Gasteiger partial charge in [-0.2, -0.15) is 0 Å². The van der Waals surface area contributed by atoms with Gasteiger partial charge in [-0.25, -0.2) is 4.85 Å². The quantitative estimate of drug-likeness (QED) is 0.708. The van der Waals surface area contributed by atoms with E-state index in [0.29, 0.717) is 6.04 Å². The van der Waals surface area contributed by atoms with E-state index in [1.54, 1.807) is 0 Å². The van der Waals surface area contributed by atoms with E-state index in [1.165, 1.54) is 5.57 Å². The Labute approximate surface area is 96.8 Å². The first-order valence-corrected chi connectivity index (χ1v) is 5.69. The zero-order valence-electron chi connectivity index (χ0n) is 9.53. The molecule has 1 aliphatic heterocycles. The molecule has 2 rings (SSSR count). The Morgan fingerprint density at radius 1 is 1.38 bits per heavy atom. The minimum atomic E-state index is 0.490. The zero-order valence-corrected chi connectivity index (χ0v) is 9.53. The van der Waals surface area contributed by atoms with E-state index in [0.717, 1.165) is 30.6 Å². The predicted molar refractivity (Wildman–Crippen MR) is 66.7 cm³/mol. The smallest absolute Gasteiger partial charge is 0.193 e. The molecule has 0 saturated carbocycles. The molecule has 1 aromatic carbocycles. The summed E-state index contributed by atoms with van der Waals surface area (Å²) in [5, 5.41) is 3.41. The van der Waals surface area contributed by atoms with Crippen LogP contribution in [0.4, 0.5) is 0 Å². The van der Waals surface area contributed by atoms with Crippen molar-refractivity contribution in [1.82, 2.24) is 5.32 Å². The van der Waals surface area contributed by atoms with Crippen molar-refractivity contribution in [3.63, 3.8) is 0 Å². The minimum absolute atomic E-state index is 0.490. The molecule has 0 aromatic heterocycles. The average Bonchev–Trinajstić information content (AvgIpc) is 2.31. The van der Waals surface area contributed by atoms with Gasteiger partial charge in [0.2, 0.25) is 0 Å². The van der Waals surface area contributed by atoms with Gasteiger partial charge in [-0.1, -0.05) is 35.9 Å². The van der Waals surface area contributed by atoms with E-state index in [1.807, 2.05) is 30.3 Å². The van der Waals surface area contributed by atoms with Crippen LogP contribution in [0.3, 0.4) is 0 Å². The molecule has 2 heteroatoms. The molecule has 0 radical (unpaired) electrons. The van der Waals surface area contributed by atoms with Gasteiger partial charge in [-0.3, -0.25) is 0 Å². The van der Waals surface area contributed by atoms with Gasteiger partial charge in [0.15, 0.2) is 5.70 Å². The molecule has 1 heterocycles. The highest BCUT2D eigenvalue weighted by atomic mass is 14.9. The Hall–Kier alpha value is -1.59. The van der Waals surface area contributed by atoms with Crippen LogP contribution in [0.15, 0.2) is 35.9 Å². The second-order valence-corrected chi connectivity index (χ2v) is 4.24. The lowest BCUT2D eigenvalue weighted by atomic mass is 9.95. The Morgan fingerprint density at radius 2 is 2.12 bits per heavy atom. The van der Waals surface area contributed by atoms with Crippen molar-refractivity contribution in [2.45, 2.75) is 25.8 Å². The lowest BCUT2D eigenvalue weighted by Crippen LogP contribution is -2.32. The average molecular weight is 212 g/mol. The van der Waals surface area contributed by atoms with Crippen molar-refractivity contribution in [3.8, 4) is 0 Å². The standard InChI is InChI=1S/C14H16N2/c1-11-10-13(8-9-16-11)14(15-2)12-6-4-3-5-7-12/h3-7,11,16H,8-10H2,1H3/b14-13-. The third-order valence-electron chi connectivity index (χ3n) is 2.97. The second-order valence-electron chi connectivity index (χ2n) is 4.24. The SMILES string of the molecule is [C-]#[N+]/C(=C1/CCNC(C)C1)c1ccccc1. The molecule has 16 heavy (non-hydrogen) atoms. The summed E-state index contributed by atoms with van der Waals surface area (Å²) < 4.78 is 0. The van der Waals surface area contributed by atoms with Crippen LogP contribution in [0.1, 0.15) is 25.3 Å². The van der Waals surface area contributed by atoms with Crippen molar-refractivity contribution in [1.29, 1.82) is 0 Å². The van der Waals surface area contributed by atoms with Gasteiger partial charge >= 0.3 is 0 Å². The highest BCUT2D eigenvalue weighted by molar-refractivity contribution is 5.73. The van der Waals surface area contributed by atoms with E-state index in [-0.39, 0.29) is 0 Å². The van der Waals surface area contributed by atoms with E-state index in [2.05, 4.69) is 17.1 Å². The summed E-state index contributed by atoms with van der Waals surface area (Å²) in [5.41, 5.74) is 3.21. The van der Waals surface area contributed by atoms with E-state index in [4.69, 9.17) is 6.57 Å². The van der Waals surface area contributed by atoms with E-state index < -0.39 is 0 Å². The maximum atomic E-state index is 7.35. The molecule has 1 saturated heterocycles. The molecular formula is C14H16N2. The molecule has 0 amide bonds. The summed E-state index contributed by atoms with van der Waals surface area (Å²) in [7, 11) is 0. The first-order valence-electron chi connectivity index (χ1n) is 5.69. The summed E-state index contributed by atoms with van der Waals surface area (Å²) in [6, 6.07) is 10.5. The minimum Gasteiger partial charge on any atom is -0.314 e. The van der Waals surface area contributed by atoms with Crippen LogP contribution in [0.25, 0.3) is 10.5 Å². The molecule has 0 spiro atoms. The lowest BCUT2D eigenvalue weighted by molar-refractivity contribution is 0.495. The van der Waals surface area contributed by atoms with Gasteiger partial charge in [0, 0.05) is 6.04 Å². The van der Waals surface area contributed by atoms with Crippen molar-refractivity contribution in [2.75, 3.05) is 6.54 Å². The lowest BCUT2D eigenvalue weighted by Gasteiger charge is -2.23. The summed E-state index contributed by atoms with van der Waals surface area (Å²) in [6.45, 7) is 10.5. The summed E-state index contributed by atoms with van der Waals surface area (Å²) >= 11 is 0. The van der Waals surface area contributed by atoms with Crippen LogP contribution in [-0.4, -0.2) is 12.6 Å². The largest absolute Gasteiger partial charge is 0.314 e. The number of nitrogens with one attached hydrogen (secondary N) is 1. The van der Waals surface area contributed by atoms with Crippen LogP contribution in [0.5, 0.6) is 0 Å². The maximum Gasteiger partial charge on any atom is 0.193 e. The first kappa shape index (κ1) is 10.9. The fourth-order valence-electron chi connectivity index (χ4n) is 2.17. The molecule has 0 aliphatic carbocycles. The third-order valence-corrected chi connectivity index (χ3v) is 2.97. The van der Waals surface area contributed by atoms with Crippen molar-refractivity contribution in [3.05, 3.63) is 52.9 Å². The van der Waals surface area contributed by atoms with Crippen LogP contribution in [-0.2, 0) is 0 Å². The van der Waals surface area contributed by atoms with Gasteiger partial charge in [-0.15, -0.1) is 0 Å². The molecule has 1 aromatic rings. The van der Waals surface area contributed by atoms with E-state index >= 15 is 0 Å². The van der Waals surface area contributed by atoms with Crippen molar-refractivity contribution < 1.29 is 0 Å². The molecule has 2 nitrogen and oxygen atoms in total. The van der Waals surface area contributed by atoms with Gasteiger partial charge < -0.3 is 5.32 Å². The number of hydrogen-bond acceptors (Lipinski definition) is 1. The Kier molecular flexibility index (Phi) is 3.38. The number of rotatable bonds is 1. The summed E-state index contributed by atoms with van der Waals surface area (Å²) in [6.07, 6.45) is 1.99. The normalized spacial score (nSPS) is 23.6. The molecular weight excluding hydrogens is 196 g/mol. The van der Waals surface area contributed by atoms with Crippen LogP contribution in [0.2, 0.25) is 0 Å². The number of hydrogen-bond donors (Lipinski definition) is 1. The highest BCUT2D eigenvalue weighted by Gasteiger charge is 2.16.